The lowest BCUT2D eigenvalue weighted by atomic mass is 10.0. The van der Waals surface area contributed by atoms with Gasteiger partial charge in [0.2, 0.25) is 0 Å². The summed E-state index contributed by atoms with van der Waals surface area (Å²) in [5.74, 6) is -0.212. The molecule has 0 aliphatic rings. The third-order valence-electron chi connectivity index (χ3n) is 2.91. The molecule has 0 aliphatic heterocycles. The summed E-state index contributed by atoms with van der Waals surface area (Å²) >= 11 is 0. The maximum Gasteiger partial charge on any atom is 0.309 e. The van der Waals surface area contributed by atoms with Crippen molar-refractivity contribution in [3.63, 3.8) is 0 Å². The highest BCUT2D eigenvalue weighted by Crippen LogP contribution is 2.08. The second kappa shape index (κ2) is 6.86. The highest BCUT2D eigenvalue weighted by molar-refractivity contribution is 5.72. The van der Waals surface area contributed by atoms with Gasteiger partial charge in [0.1, 0.15) is 0 Å². The average Bonchev–Trinajstić information content (AvgIpc) is 2.17. The number of likely N-dealkylation sites (N-methyl/N-ethyl adjacent to an activating group) is 1. The van der Waals surface area contributed by atoms with Gasteiger partial charge in [-0.15, -0.1) is 0 Å². The van der Waals surface area contributed by atoms with Crippen LogP contribution in [0.15, 0.2) is 0 Å². The molecule has 0 rings (SSSR count). The number of hydrogen-bond acceptors (Lipinski definition) is 4. The van der Waals surface area contributed by atoms with E-state index < -0.39 is 0 Å². The van der Waals surface area contributed by atoms with Crippen LogP contribution in [0.3, 0.4) is 0 Å². The van der Waals surface area contributed by atoms with Crippen molar-refractivity contribution in [2.45, 2.75) is 33.2 Å². The van der Waals surface area contributed by atoms with Crippen molar-refractivity contribution in [3.05, 3.63) is 0 Å². The SMILES string of the molecule is CCOC(=O)C(C)CNCC(C)(C)N(C)C. The number of hydrogen-bond donors (Lipinski definition) is 1. The summed E-state index contributed by atoms with van der Waals surface area (Å²) in [4.78, 5) is 13.5. The Labute approximate surface area is 99.3 Å². The molecule has 1 atom stereocenters. The fourth-order valence-corrected chi connectivity index (χ4v) is 1.12. The lowest BCUT2D eigenvalue weighted by molar-refractivity contribution is -0.147. The Morgan fingerprint density at radius 1 is 1.44 bits per heavy atom. The van der Waals surface area contributed by atoms with Crippen LogP contribution in [0.5, 0.6) is 0 Å². The molecule has 0 saturated heterocycles. The number of ether oxygens (including phenoxy) is 1. The molecule has 0 saturated carbocycles. The molecule has 0 radical (unpaired) electrons. The van der Waals surface area contributed by atoms with Gasteiger partial charge in [-0.3, -0.25) is 4.79 Å². The second-order valence-corrected chi connectivity index (χ2v) is 4.99. The zero-order chi connectivity index (χ0) is 12.8. The quantitative estimate of drug-likeness (QED) is 0.665. The fraction of sp³-hybridized carbons (Fsp3) is 0.917. The molecule has 0 aromatic carbocycles. The minimum Gasteiger partial charge on any atom is -0.466 e. The van der Waals surface area contributed by atoms with Gasteiger partial charge in [0.15, 0.2) is 0 Å². The van der Waals surface area contributed by atoms with Crippen molar-refractivity contribution in [3.8, 4) is 0 Å². The van der Waals surface area contributed by atoms with Gasteiger partial charge < -0.3 is 15.0 Å². The summed E-state index contributed by atoms with van der Waals surface area (Å²) in [6.45, 7) is 10.00. The average molecular weight is 230 g/mol. The summed E-state index contributed by atoms with van der Waals surface area (Å²) in [5.41, 5.74) is 0.0916. The molecule has 1 N–H and O–H groups in total. The van der Waals surface area contributed by atoms with E-state index in [0.29, 0.717) is 13.2 Å². The smallest absolute Gasteiger partial charge is 0.309 e. The van der Waals surface area contributed by atoms with Gasteiger partial charge in [0.05, 0.1) is 12.5 Å². The molecule has 0 amide bonds. The topological polar surface area (TPSA) is 41.6 Å². The maximum absolute atomic E-state index is 11.4. The molecule has 0 spiro atoms. The number of esters is 1. The van der Waals surface area contributed by atoms with Crippen molar-refractivity contribution < 1.29 is 9.53 Å². The number of carbonyl (C=O) groups is 1. The van der Waals surface area contributed by atoms with Crippen molar-refractivity contribution >= 4 is 5.97 Å². The van der Waals surface area contributed by atoms with Gasteiger partial charge >= 0.3 is 5.97 Å². The summed E-state index contributed by atoms with van der Waals surface area (Å²) in [7, 11) is 4.10. The predicted octanol–water partition coefficient (Wildman–Crippen LogP) is 1.12. The van der Waals surface area contributed by atoms with Crippen LogP contribution in [-0.4, -0.2) is 50.2 Å². The normalized spacial score (nSPS) is 13.9. The van der Waals surface area contributed by atoms with E-state index >= 15 is 0 Å². The molecule has 0 aliphatic carbocycles. The Balaban J connectivity index is 3.86. The minimum absolute atomic E-state index is 0.0853. The molecule has 0 fully saturated rings. The Morgan fingerprint density at radius 2 is 2.00 bits per heavy atom. The molecule has 4 heteroatoms. The second-order valence-electron chi connectivity index (χ2n) is 4.99. The van der Waals surface area contributed by atoms with Crippen LogP contribution < -0.4 is 5.32 Å². The molecule has 0 aromatic rings. The zero-order valence-electron chi connectivity index (χ0n) is 11.5. The first kappa shape index (κ1) is 15.4. The first-order chi connectivity index (χ1) is 7.31. The van der Waals surface area contributed by atoms with Crippen LogP contribution in [0.4, 0.5) is 0 Å². The van der Waals surface area contributed by atoms with Crippen LogP contribution >= 0.6 is 0 Å². The first-order valence-electron chi connectivity index (χ1n) is 5.86. The van der Waals surface area contributed by atoms with E-state index in [1.165, 1.54) is 0 Å². The largest absolute Gasteiger partial charge is 0.466 e. The highest BCUT2D eigenvalue weighted by Gasteiger charge is 2.21. The molecule has 16 heavy (non-hydrogen) atoms. The molecule has 0 bridgehead atoms. The van der Waals surface area contributed by atoms with Crippen molar-refractivity contribution in [2.24, 2.45) is 5.92 Å². The van der Waals surface area contributed by atoms with E-state index in [4.69, 9.17) is 4.74 Å². The predicted molar refractivity (Wildman–Crippen MR) is 66.4 cm³/mol. The van der Waals surface area contributed by atoms with Gasteiger partial charge in [0.25, 0.3) is 0 Å². The number of nitrogens with one attached hydrogen (secondary N) is 1. The van der Waals surface area contributed by atoms with Gasteiger partial charge in [0, 0.05) is 18.6 Å². The zero-order valence-corrected chi connectivity index (χ0v) is 11.5. The lowest BCUT2D eigenvalue weighted by Gasteiger charge is -2.33. The number of nitrogens with zero attached hydrogens (tertiary/aromatic N) is 1. The van der Waals surface area contributed by atoms with E-state index in [1.54, 1.807) is 0 Å². The van der Waals surface area contributed by atoms with E-state index in [1.807, 2.05) is 13.8 Å². The van der Waals surface area contributed by atoms with E-state index in [0.717, 1.165) is 6.54 Å². The Hall–Kier alpha value is -0.610. The molecule has 0 heterocycles. The summed E-state index contributed by atoms with van der Waals surface area (Å²) < 4.78 is 4.94. The van der Waals surface area contributed by atoms with Gasteiger partial charge in [-0.2, -0.15) is 0 Å². The number of rotatable bonds is 7. The molecule has 0 aromatic heterocycles. The minimum atomic E-state index is -0.127. The first-order valence-corrected chi connectivity index (χ1v) is 5.86. The van der Waals surface area contributed by atoms with Crippen LogP contribution in [-0.2, 0) is 9.53 Å². The van der Waals surface area contributed by atoms with E-state index in [2.05, 4.69) is 38.2 Å². The monoisotopic (exact) mass is 230 g/mol. The lowest BCUT2D eigenvalue weighted by Crippen LogP contribution is -2.47. The van der Waals surface area contributed by atoms with Gasteiger partial charge in [-0.1, -0.05) is 6.92 Å². The van der Waals surface area contributed by atoms with E-state index in [-0.39, 0.29) is 17.4 Å². The molecular weight excluding hydrogens is 204 g/mol. The van der Waals surface area contributed by atoms with Gasteiger partial charge in [-0.05, 0) is 34.9 Å². The molecule has 96 valence electrons. The maximum atomic E-state index is 11.4. The van der Waals surface area contributed by atoms with Crippen LogP contribution in [0.1, 0.15) is 27.7 Å². The van der Waals surface area contributed by atoms with Crippen molar-refractivity contribution in [2.75, 3.05) is 33.8 Å². The Kier molecular flexibility index (Phi) is 6.60. The van der Waals surface area contributed by atoms with Crippen molar-refractivity contribution in [1.29, 1.82) is 0 Å². The molecule has 1 unspecified atom stereocenters. The standard InChI is InChI=1S/C12H26N2O2/c1-7-16-11(15)10(2)8-13-9-12(3,4)14(5)6/h10,13H,7-9H2,1-6H3. The van der Waals surface area contributed by atoms with E-state index in [9.17, 15) is 4.79 Å². The van der Waals surface area contributed by atoms with Crippen LogP contribution in [0.25, 0.3) is 0 Å². The summed E-state index contributed by atoms with van der Waals surface area (Å²) in [5, 5.41) is 3.30. The third-order valence-corrected chi connectivity index (χ3v) is 2.91. The number of carbonyl (C=O) groups excluding carboxylic acids is 1. The Bertz CT molecular complexity index is 215. The van der Waals surface area contributed by atoms with Crippen molar-refractivity contribution in [1.82, 2.24) is 10.2 Å². The summed E-state index contributed by atoms with van der Waals surface area (Å²) in [6.07, 6.45) is 0. The fourth-order valence-electron chi connectivity index (χ4n) is 1.12. The third kappa shape index (κ3) is 5.47. The van der Waals surface area contributed by atoms with Crippen LogP contribution in [0.2, 0.25) is 0 Å². The highest BCUT2D eigenvalue weighted by atomic mass is 16.5. The van der Waals surface area contributed by atoms with Gasteiger partial charge in [-0.25, -0.2) is 0 Å². The molecular formula is C12H26N2O2. The van der Waals surface area contributed by atoms with Crippen LogP contribution in [0, 0.1) is 5.92 Å². The molecule has 4 nitrogen and oxygen atoms in total. The summed E-state index contributed by atoms with van der Waals surface area (Å²) in [6, 6.07) is 0. The Morgan fingerprint density at radius 3 is 2.44 bits per heavy atom.